The van der Waals surface area contributed by atoms with Crippen LogP contribution in [0.3, 0.4) is 0 Å². The van der Waals surface area contributed by atoms with E-state index < -0.39 is 0 Å². The summed E-state index contributed by atoms with van der Waals surface area (Å²) in [6, 6.07) is 0. The fourth-order valence-corrected chi connectivity index (χ4v) is 1.73. The standard InChI is InChI=1S/C10H18ClN/c11-7-3-6-10-12-8-4-1-2-5-9-12/h3,6H,1-2,4-5,7-10H2. The second-order valence-electron chi connectivity index (χ2n) is 3.34. The second kappa shape index (κ2) is 6.50. The molecule has 1 aliphatic heterocycles. The molecular formula is C10H18ClN. The Labute approximate surface area is 80.4 Å². The van der Waals surface area contributed by atoms with Crippen LogP contribution in [-0.4, -0.2) is 30.4 Å². The van der Waals surface area contributed by atoms with Crippen LogP contribution in [0.25, 0.3) is 0 Å². The molecule has 0 aliphatic carbocycles. The molecule has 0 aromatic heterocycles. The highest BCUT2D eigenvalue weighted by atomic mass is 35.5. The number of nitrogens with zero attached hydrogens (tertiary/aromatic N) is 1. The summed E-state index contributed by atoms with van der Waals surface area (Å²) in [6.45, 7) is 3.63. The third-order valence-corrected chi connectivity index (χ3v) is 2.50. The molecule has 1 heterocycles. The Morgan fingerprint density at radius 3 is 2.25 bits per heavy atom. The first kappa shape index (κ1) is 10.1. The van der Waals surface area contributed by atoms with Gasteiger partial charge in [0.1, 0.15) is 0 Å². The van der Waals surface area contributed by atoms with Gasteiger partial charge in [0.05, 0.1) is 0 Å². The molecule has 12 heavy (non-hydrogen) atoms. The third-order valence-electron chi connectivity index (χ3n) is 2.32. The molecule has 0 radical (unpaired) electrons. The molecule has 1 fully saturated rings. The summed E-state index contributed by atoms with van der Waals surface area (Å²) in [4.78, 5) is 2.51. The first-order valence-corrected chi connectivity index (χ1v) is 5.40. The third kappa shape index (κ3) is 4.13. The van der Waals surface area contributed by atoms with Gasteiger partial charge in [-0.2, -0.15) is 0 Å². The molecule has 1 aliphatic rings. The van der Waals surface area contributed by atoms with Gasteiger partial charge in [-0.3, -0.25) is 4.90 Å². The molecule has 0 N–H and O–H groups in total. The predicted molar refractivity (Wildman–Crippen MR) is 54.8 cm³/mol. The van der Waals surface area contributed by atoms with Crippen molar-refractivity contribution in [2.45, 2.75) is 25.7 Å². The Kier molecular flexibility index (Phi) is 5.46. The van der Waals surface area contributed by atoms with Crippen molar-refractivity contribution in [1.82, 2.24) is 4.90 Å². The van der Waals surface area contributed by atoms with Gasteiger partial charge in [0.25, 0.3) is 0 Å². The molecule has 0 atom stereocenters. The molecular weight excluding hydrogens is 170 g/mol. The number of rotatable bonds is 3. The first-order valence-electron chi connectivity index (χ1n) is 4.87. The van der Waals surface area contributed by atoms with E-state index in [1.165, 1.54) is 38.8 Å². The SMILES string of the molecule is ClCC=CCN1CCCCCC1. The topological polar surface area (TPSA) is 3.24 Å². The normalized spacial score (nSPS) is 21.4. The summed E-state index contributed by atoms with van der Waals surface area (Å²) >= 11 is 5.55. The summed E-state index contributed by atoms with van der Waals surface area (Å²) in [5.41, 5.74) is 0. The van der Waals surface area contributed by atoms with Crippen LogP contribution in [0.4, 0.5) is 0 Å². The van der Waals surface area contributed by atoms with Crippen LogP contribution in [-0.2, 0) is 0 Å². The van der Waals surface area contributed by atoms with Gasteiger partial charge in [-0.05, 0) is 25.9 Å². The lowest BCUT2D eigenvalue weighted by Crippen LogP contribution is -2.24. The maximum Gasteiger partial charge on any atom is 0.0404 e. The minimum absolute atomic E-state index is 0.647. The zero-order valence-corrected chi connectivity index (χ0v) is 8.39. The van der Waals surface area contributed by atoms with Crippen LogP contribution in [0.15, 0.2) is 12.2 Å². The van der Waals surface area contributed by atoms with E-state index in [0.717, 1.165) is 6.54 Å². The molecule has 0 amide bonds. The van der Waals surface area contributed by atoms with Gasteiger partial charge in [0.2, 0.25) is 0 Å². The van der Waals surface area contributed by atoms with Crippen LogP contribution in [0.1, 0.15) is 25.7 Å². The molecule has 70 valence electrons. The Morgan fingerprint density at radius 1 is 1.00 bits per heavy atom. The van der Waals surface area contributed by atoms with E-state index in [-0.39, 0.29) is 0 Å². The van der Waals surface area contributed by atoms with Gasteiger partial charge in [0, 0.05) is 12.4 Å². The van der Waals surface area contributed by atoms with Gasteiger partial charge < -0.3 is 0 Å². The number of likely N-dealkylation sites (tertiary alicyclic amines) is 1. The average Bonchev–Trinajstić information content (AvgIpc) is 2.33. The molecule has 0 aromatic carbocycles. The fraction of sp³-hybridized carbons (Fsp3) is 0.800. The molecule has 0 aromatic rings. The maximum absolute atomic E-state index is 5.55. The van der Waals surface area contributed by atoms with Crippen LogP contribution in [0.2, 0.25) is 0 Å². The molecule has 0 saturated carbocycles. The Bertz CT molecular complexity index is 126. The van der Waals surface area contributed by atoms with Gasteiger partial charge in [-0.25, -0.2) is 0 Å². The van der Waals surface area contributed by atoms with E-state index in [4.69, 9.17) is 11.6 Å². The predicted octanol–water partition coefficient (Wildman–Crippen LogP) is 2.66. The lowest BCUT2D eigenvalue weighted by atomic mass is 10.2. The zero-order valence-electron chi connectivity index (χ0n) is 7.64. The largest absolute Gasteiger partial charge is 0.300 e. The minimum Gasteiger partial charge on any atom is -0.300 e. The number of hydrogen-bond acceptors (Lipinski definition) is 1. The average molecular weight is 188 g/mol. The van der Waals surface area contributed by atoms with E-state index in [2.05, 4.69) is 11.0 Å². The van der Waals surface area contributed by atoms with Gasteiger partial charge in [-0.1, -0.05) is 25.0 Å². The second-order valence-corrected chi connectivity index (χ2v) is 3.65. The Morgan fingerprint density at radius 2 is 1.67 bits per heavy atom. The van der Waals surface area contributed by atoms with Crippen LogP contribution in [0.5, 0.6) is 0 Å². The van der Waals surface area contributed by atoms with E-state index >= 15 is 0 Å². The molecule has 0 bridgehead atoms. The highest BCUT2D eigenvalue weighted by Crippen LogP contribution is 2.08. The van der Waals surface area contributed by atoms with Crippen molar-refractivity contribution in [2.75, 3.05) is 25.5 Å². The van der Waals surface area contributed by atoms with Crippen molar-refractivity contribution in [3.8, 4) is 0 Å². The van der Waals surface area contributed by atoms with Crippen molar-refractivity contribution in [1.29, 1.82) is 0 Å². The summed E-state index contributed by atoms with van der Waals surface area (Å²) < 4.78 is 0. The molecule has 0 unspecified atom stereocenters. The van der Waals surface area contributed by atoms with Crippen molar-refractivity contribution >= 4 is 11.6 Å². The van der Waals surface area contributed by atoms with Crippen molar-refractivity contribution in [3.63, 3.8) is 0 Å². The zero-order chi connectivity index (χ0) is 8.65. The van der Waals surface area contributed by atoms with Crippen molar-refractivity contribution < 1.29 is 0 Å². The van der Waals surface area contributed by atoms with E-state index in [9.17, 15) is 0 Å². The highest BCUT2D eigenvalue weighted by molar-refractivity contribution is 6.18. The monoisotopic (exact) mass is 187 g/mol. The maximum atomic E-state index is 5.55. The fourth-order valence-electron chi connectivity index (χ4n) is 1.61. The minimum atomic E-state index is 0.647. The molecule has 0 spiro atoms. The van der Waals surface area contributed by atoms with E-state index in [0.29, 0.717) is 5.88 Å². The van der Waals surface area contributed by atoms with Crippen LogP contribution < -0.4 is 0 Å². The lowest BCUT2D eigenvalue weighted by Gasteiger charge is -2.16. The van der Waals surface area contributed by atoms with Crippen molar-refractivity contribution in [2.24, 2.45) is 0 Å². The lowest BCUT2D eigenvalue weighted by molar-refractivity contribution is 0.316. The Balaban J connectivity index is 2.16. The van der Waals surface area contributed by atoms with E-state index in [1.807, 2.05) is 6.08 Å². The quantitative estimate of drug-likeness (QED) is 0.485. The number of halogens is 1. The first-order chi connectivity index (χ1) is 5.93. The Hall–Kier alpha value is -0.0100. The summed E-state index contributed by atoms with van der Waals surface area (Å²) in [5.74, 6) is 0.647. The molecule has 2 heteroatoms. The molecule has 1 rings (SSSR count). The number of hydrogen-bond donors (Lipinski definition) is 0. The molecule has 1 nitrogen and oxygen atoms in total. The molecule has 1 saturated heterocycles. The summed E-state index contributed by atoms with van der Waals surface area (Å²) in [5, 5.41) is 0. The van der Waals surface area contributed by atoms with Gasteiger partial charge in [0.15, 0.2) is 0 Å². The number of alkyl halides is 1. The van der Waals surface area contributed by atoms with Crippen LogP contribution in [0, 0.1) is 0 Å². The van der Waals surface area contributed by atoms with Crippen molar-refractivity contribution in [3.05, 3.63) is 12.2 Å². The van der Waals surface area contributed by atoms with Gasteiger partial charge >= 0.3 is 0 Å². The number of allylic oxidation sites excluding steroid dienone is 1. The summed E-state index contributed by atoms with van der Waals surface area (Å²) in [7, 11) is 0. The van der Waals surface area contributed by atoms with Gasteiger partial charge in [-0.15, -0.1) is 11.6 Å². The smallest absolute Gasteiger partial charge is 0.0404 e. The van der Waals surface area contributed by atoms with E-state index in [1.54, 1.807) is 0 Å². The highest BCUT2D eigenvalue weighted by Gasteiger charge is 2.05. The van der Waals surface area contributed by atoms with Crippen LogP contribution >= 0.6 is 11.6 Å². The summed E-state index contributed by atoms with van der Waals surface area (Å²) in [6.07, 6.45) is 9.78.